The number of hydrazine groups is 1. The zero-order valence-electron chi connectivity index (χ0n) is 19.6. The summed E-state index contributed by atoms with van der Waals surface area (Å²) in [6.45, 7) is 13.9. The van der Waals surface area contributed by atoms with Crippen LogP contribution < -0.4 is 10.4 Å². The van der Waals surface area contributed by atoms with Crippen LogP contribution in [0.2, 0.25) is 0 Å². The summed E-state index contributed by atoms with van der Waals surface area (Å²) in [5.41, 5.74) is 11.5. The average Bonchev–Trinajstić information content (AvgIpc) is 3.18. The molecular weight excluding hydrogens is 376 g/mol. The topological polar surface area (TPSA) is 15.3 Å². The van der Waals surface area contributed by atoms with E-state index in [1.165, 1.54) is 27.9 Å². The number of anilines is 1. The van der Waals surface area contributed by atoms with Crippen molar-refractivity contribution in [2.75, 3.05) is 5.01 Å². The fourth-order valence-corrected chi connectivity index (χ4v) is 4.47. The highest BCUT2D eigenvalue weighted by Crippen LogP contribution is 2.43. The lowest BCUT2D eigenvalue weighted by molar-refractivity contribution is 0.543. The molecule has 1 unspecified atom stereocenters. The number of hydrogen-bond acceptors (Lipinski definition) is 2. The summed E-state index contributed by atoms with van der Waals surface area (Å²) in [5, 5.41) is 2.32. The molecule has 1 atom stereocenters. The summed E-state index contributed by atoms with van der Waals surface area (Å²) < 4.78 is 0. The van der Waals surface area contributed by atoms with Gasteiger partial charge in [0.25, 0.3) is 0 Å². The number of nitrogens with one attached hydrogen (secondary N) is 1. The summed E-state index contributed by atoms with van der Waals surface area (Å²) in [5.74, 6) is 0. The standard InChI is InChI=1S/C29H34N2/c1-28(2,3)23-18-13-19-24(29(4,5)6)27(23)26-20-25(21-14-9-7-10-15-21)30-31(26)22-16-11-8-12-17-22/h7-20,26,30H,1-6H3. The molecule has 0 radical (unpaired) electrons. The first-order valence-electron chi connectivity index (χ1n) is 11.2. The number of para-hydroxylation sites is 1. The Hall–Kier alpha value is -3.00. The van der Waals surface area contributed by atoms with Gasteiger partial charge in [-0.3, -0.25) is 10.4 Å². The third-order valence-electron chi connectivity index (χ3n) is 5.98. The molecule has 3 aromatic carbocycles. The van der Waals surface area contributed by atoms with E-state index >= 15 is 0 Å². The Morgan fingerprint density at radius 1 is 0.645 bits per heavy atom. The van der Waals surface area contributed by atoms with Gasteiger partial charge in [0.05, 0.1) is 17.4 Å². The van der Waals surface area contributed by atoms with Crippen molar-refractivity contribution in [1.29, 1.82) is 0 Å². The molecule has 0 amide bonds. The van der Waals surface area contributed by atoms with Crippen molar-refractivity contribution in [2.24, 2.45) is 0 Å². The summed E-state index contributed by atoms with van der Waals surface area (Å²) >= 11 is 0. The number of benzene rings is 3. The molecule has 0 bridgehead atoms. The third kappa shape index (κ3) is 4.25. The van der Waals surface area contributed by atoms with Crippen LogP contribution in [0.3, 0.4) is 0 Å². The van der Waals surface area contributed by atoms with Crippen LogP contribution in [0.25, 0.3) is 5.70 Å². The first-order chi connectivity index (χ1) is 14.7. The molecule has 4 rings (SSSR count). The van der Waals surface area contributed by atoms with Crippen molar-refractivity contribution in [2.45, 2.75) is 58.4 Å². The molecule has 0 spiro atoms. The van der Waals surface area contributed by atoms with E-state index in [-0.39, 0.29) is 16.9 Å². The fraction of sp³-hybridized carbons (Fsp3) is 0.310. The maximum absolute atomic E-state index is 3.72. The summed E-state index contributed by atoms with van der Waals surface area (Å²) in [7, 11) is 0. The molecule has 0 fully saturated rings. The second-order valence-corrected chi connectivity index (χ2v) is 10.5. The zero-order valence-corrected chi connectivity index (χ0v) is 19.6. The van der Waals surface area contributed by atoms with Gasteiger partial charge in [-0.05, 0) is 51.3 Å². The Morgan fingerprint density at radius 2 is 1.16 bits per heavy atom. The Bertz CT molecular complexity index is 1030. The zero-order chi connectivity index (χ0) is 22.2. The SMILES string of the molecule is CC(C)(C)c1cccc(C(C)(C)C)c1C1C=C(c2ccccc2)NN1c1ccccc1. The molecule has 1 N–H and O–H groups in total. The Morgan fingerprint density at radius 3 is 1.68 bits per heavy atom. The summed E-state index contributed by atoms with van der Waals surface area (Å²) in [6.07, 6.45) is 2.39. The first kappa shape index (κ1) is 21.2. The van der Waals surface area contributed by atoms with Crippen LogP contribution in [0.4, 0.5) is 5.69 Å². The van der Waals surface area contributed by atoms with Crippen LogP contribution in [0, 0.1) is 0 Å². The van der Waals surface area contributed by atoms with Gasteiger partial charge in [-0.25, -0.2) is 0 Å². The lowest BCUT2D eigenvalue weighted by atomic mass is 9.74. The maximum Gasteiger partial charge on any atom is 0.0964 e. The van der Waals surface area contributed by atoms with Gasteiger partial charge >= 0.3 is 0 Å². The second kappa shape index (κ2) is 7.92. The van der Waals surface area contributed by atoms with E-state index in [2.05, 4.69) is 137 Å². The van der Waals surface area contributed by atoms with Gasteiger partial charge in [0.1, 0.15) is 0 Å². The molecule has 0 saturated carbocycles. The summed E-state index contributed by atoms with van der Waals surface area (Å²) in [6, 6.07) is 28.2. The molecule has 160 valence electrons. The van der Waals surface area contributed by atoms with E-state index in [1.54, 1.807) is 0 Å². The minimum absolute atomic E-state index is 0.0439. The predicted octanol–water partition coefficient (Wildman–Crippen LogP) is 7.39. The second-order valence-electron chi connectivity index (χ2n) is 10.5. The first-order valence-corrected chi connectivity index (χ1v) is 11.2. The quantitative estimate of drug-likeness (QED) is 0.484. The molecule has 0 aromatic heterocycles. The lowest BCUT2D eigenvalue weighted by Crippen LogP contribution is -2.36. The van der Waals surface area contributed by atoms with Crippen molar-refractivity contribution in [3.8, 4) is 0 Å². The lowest BCUT2D eigenvalue weighted by Gasteiger charge is -2.36. The molecule has 2 nitrogen and oxygen atoms in total. The molecule has 1 aliphatic rings. The van der Waals surface area contributed by atoms with E-state index in [0.717, 1.165) is 5.70 Å². The molecule has 0 saturated heterocycles. The number of rotatable bonds is 3. The molecular formula is C29H34N2. The van der Waals surface area contributed by atoms with Crippen molar-refractivity contribution >= 4 is 11.4 Å². The van der Waals surface area contributed by atoms with Gasteiger partial charge in [-0.2, -0.15) is 0 Å². The van der Waals surface area contributed by atoms with Gasteiger partial charge < -0.3 is 0 Å². The average molecular weight is 411 g/mol. The highest BCUT2D eigenvalue weighted by Gasteiger charge is 2.35. The van der Waals surface area contributed by atoms with Crippen LogP contribution in [0.5, 0.6) is 0 Å². The van der Waals surface area contributed by atoms with Crippen molar-refractivity contribution in [3.63, 3.8) is 0 Å². The van der Waals surface area contributed by atoms with Gasteiger partial charge in [0.15, 0.2) is 0 Å². The van der Waals surface area contributed by atoms with Gasteiger partial charge in [0, 0.05) is 0 Å². The van der Waals surface area contributed by atoms with Gasteiger partial charge in [-0.15, -0.1) is 0 Å². The molecule has 1 aliphatic heterocycles. The van der Waals surface area contributed by atoms with Crippen molar-refractivity contribution in [3.05, 3.63) is 107 Å². The molecule has 2 heteroatoms. The molecule has 3 aromatic rings. The van der Waals surface area contributed by atoms with Crippen LogP contribution in [-0.2, 0) is 10.8 Å². The monoisotopic (exact) mass is 410 g/mol. The molecule has 1 heterocycles. The van der Waals surface area contributed by atoms with E-state index in [9.17, 15) is 0 Å². The van der Waals surface area contributed by atoms with Gasteiger partial charge in [-0.1, -0.05) is 108 Å². The molecule has 31 heavy (non-hydrogen) atoms. The van der Waals surface area contributed by atoms with Gasteiger partial charge in [0.2, 0.25) is 0 Å². The summed E-state index contributed by atoms with van der Waals surface area (Å²) in [4.78, 5) is 0. The van der Waals surface area contributed by atoms with E-state index in [1.807, 2.05) is 0 Å². The Kier molecular flexibility index (Phi) is 5.43. The highest BCUT2D eigenvalue weighted by molar-refractivity contribution is 5.73. The fourth-order valence-electron chi connectivity index (χ4n) is 4.47. The largest absolute Gasteiger partial charge is 0.297 e. The Labute approximate surface area is 187 Å². The smallest absolute Gasteiger partial charge is 0.0964 e. The van der Waals surface area contributed by atoms with E-state index in [0.29, 0.717) is 0 Å². The molecule has 0 aliphatic carbocycles. The number of nitrogens with zero attached hydrogens (tertiary/aromatic N) is 1. The van der Waals surface area contributed by atoms with Crippen LogP contribution in [0.15, 0.2) is 84.9 Å². The van der Waals surface area contributed by atoms with Crippen LogP contribution in [-0.4, -0.2) is 0 Å². The van der Waals surface area contributed by atoms with Crippen LogP contribution in [0.1, 0.15) is 69.8 Å². The Balaban J connectivity index is 1.95. The number of hydrogen-bond donors (Lipinski definition) is 1. The minimum Gasteiger partial charge on any atom is -0.297 e. The maximum atomic E-state index is 3.72. The van der Waals surface area contributed by atoms with E-state index < -0.39 is 0 Å². The van der Waals surface area contributed by atoms with E-state index in [4.69, 9.17) is 0 Å². The predicted molar refractivity (Wildman–Crippen MR) is 133 cm³/mol. The minimum atomic E-state index is 0.0439. The third-order valence-corrected chi connectivity index (χ3v) is 5.98. The van der Waals surface area contributed by atoms with Crippen molar-refractivity contribution < 1.29 is 0 Å². The van der Waals surface area contributed by atoms with Crippen molar-refractivity contribution in [1.82, 2.24) is 5.43 Å². The highest BCUT2D eigenvalue weighted by atomic mass is 15.5. The normalized spacial score (nSPS) is 16.8. The van der Waals surface area contributed by atoms with Crippen LogP contribution >= 0.6 is 0 Å².